The number of nitrogens with one attached hydrogen (secondary N) is 2. The zero-order chi connectivity index (χ0) is 16.1. The van der Waals surface area contributed by atoms with Crippen molar-refractivity contribution < 1.29 is 4.79 Å². The largest absolute Gasteiger partial charge is 0.381 e. The number of carbonyl (C=O) groups is 1. The van der Waals surface area contributed by atoms with Crippen LogP contribution in [0.1, 0.15) is 48.2 Å². The predicted molar refractivity (Wildman–Crippen MR) is 93.9 cm³/mol. The molecule has 4 heteroatoms. The highest BCUT2D eigenvalue weighted by Gasteiger charge is 2.13. The number of amides is 1. The van der Waals surface area contributed by atoms with Gasteiger partial charge in [0.05, 0.1) is 11.9 Å². The van der Waals surface area contributed by atoms with Gasteiger partial charge in [-0.1, -0.05) is 31.4 Å². The number of nitrogens with zero attached hydrogens (tertiary/aromatic N) is 1. The summed E-state index contributed by atoms with van der Waals surface area (Å²) in [6, 6.07) is 12.0. The third-order valence-electron chi connectivity index (χ3n) is 4.25. The summed E-state index contributed by atoms with van der Waals surface area (Å²) in [7, 11) is 0. The molecule has 0 saturated heterocycles. The van der Waals surface area contributed by atoms with Crippen LogP contribution in [0.25, 0.3) is 0 Å². The van der Waals surface area contributed by atoms with E-state index in [0.29, 0.717) is 11.7 Å². The van der Waals surface area contributed by atoms with Gasteiger partial charge in [0.1, 0.15) is 5.69 Å². The van der Waals surface area contributed by atoms with Gasteiger partial charge in [-0.25, -0.2) is 4.98 Å². The maximum absolute atomic E-state index is 12.2. The molecule has 3 rings (SSSR count). The van der Waals surface area contributed by atoms with Crippen LogP contribution in [0.3, 0.4) is 0 Å². The van der Waals surface area contributed by atoms with Crippen LogP contribution in [0.5, 0.6) is 0 Å². The number of aryl methyl sites for hydroxylation is 1. The molecule has 1 saturated carbocycles. The van der Waals surface area contributed by atoms with E-state index in [0.717, 1.165) is 16.9 Å². The van der Waals surface area contributed by atoms with E-state index in [4.69, 9.17) is 0 Å². The SMILES string of the molecule is Cc1cccc(NC(=O)c2ccc(NC3CCCCC3)cn2)c1. The molecular weight excluding hydrogens is 286 g/mol. The smallest absolute Gasteiger partial charge is 0.274 e. The first kappa shape index (κ1) is 15.5. The third kappa shape index (κ3) is 4.31. The molecule has 2 N–H and O–H groups in total. The quantitative estimate of drug-likeness (QED) is 0.881. The molecule has 0 unspecified atom stereocenters. The lowest BCUT2D eigenvalue weighted by atomic mass is 9.95. The topological polar surface area (TPSA) is 54.0 Å². The molecule has 1 amide bonds. The summed E-state index contributed by atoms with van der Waals surface area (Å²) in [6.07, 6.45) is 8.11. The number of anilines is 2. The minimum atomic E-state index is -0.181. The molecular formula is C19H23N3O. The van der Waals surface area contributed by atoms with E-state index < -0.39 is 0 Å². The fourth-order valence-corrected chi connectivity index (χ4v) is 3.01. The normalized spacial score (nSPS) is 15.2. The van der Waals surface area contributed by atoms with Crippen LogP contribution in [0, 0.1) is 6.92 Å². The highest BCUT2D eigenvalue weighted by Crippen LogP contribution is 2.21. The molecule has 1 heterocycles. The van der Waals surface area contributed by atoms with Gasteiger partial charge in [-0.2, -0.15) is 0 Å². The number of benzene rings is 1. The van der Waals surface area contributed by atoms with Gasteiger partial charge in [0, 0.05) is 11.7 Å². The molecule has 0 spiro atoms. The summed E-state index contributed by atoms with van der Waals surface area (Å²) in [5.41, 5.74) is 3.33. The number of aromatic nitrogens is 1. The number of carbonyl (C=O) groups excluding carboxylic acids is 1. The van der Waals surface area contributed by atoms with Crippen molar-refractivity contribution >= 4 is 17.3 Å². The molecule has 0 atom stereocenters. The molecule has 120 valence electrons. The van der Waals surface area contributed by atoms with Crippen molar-refractivity contribution in [2.75, 3.05) is 10.6 Å². The molecule has 1 aromatic carbocycles. The van der Waals surface area contributed by atoms with Crippen molar-refractivity contribution in [3.8, 4) is 0 Å². The summed E-state index contributed by atoms with van der Waals surface area (Å²) < 4.78 is 0. The number of hydrogen-bond acceptors (Lipinski definition) is 3. The molecule has 23 heavy (non-hydrogen) atoms. The Hall–Kier alpha value is -2.36. The second-order valence-electron chi connectivity index (χ2n) is 6.23. The maximum atomic E-state index is 12.2. The van der Waals surface area contributed by atoms with Gasteiger partial charge in [0.25, 0.3) is 5.91 Å². The Kier molecular flexibility index (Phi) is 4.91. The van der Waals surface area contributed by atoms with Gasteiger partial charge in [0.2, 0.25) is 0 Å². The summed E-state index contributed by atoms with van der Waals surface area (Å²) in [4.78, 5) is 16.5. The lowest BCUT2D eigenvalue weighted by Crippen LogP contribution is -2.22. The number of rotatable bonds is 4. The minimum absolute atomic E-state index is 0.181. The highest BCUT2D eigenvalue weighted by molar-refractivity contribution is 6.02. The Bertz CT molecular complexity index is 661. The van der Waals surface area contributed by atoms with Gasteiger partial charge in [0.15, 0.2) is 0 Å². The molecule has 2 aromatic rings. The fraction of sp³-hybridized carbons (Fsp3) is 0.368. The van der Waals surface area contributed by atoms with Crippen LogP contribution in [-0.2, 0) is 0 Å². The van der Waals surface area contributed by atoms with E-state index in [1.165, 1.54) is 32.1 Å². The van der Waals surface area contributed by atoms with Gasteiger partial charge >= 0.3 is 0 Å². The molecule has 0 radical (unpaired) electrons. The summed E-state index contributed by atoms with van der Waals surface area (Å²) >= 11 is 0. The minimum Gasteiger partial charge on any atom is -0.381 e. The maximum Gasteiger partial charge on any atom is 0.274 e. The van der Waals surface area contributed by atoms with E-state index >= 15 is 0 Å². The number of hydrogen-bond donors (Lipinski definition) is 2. The van der Waals surface area contributed by atoms with Crippen molar-refractivity contribution in [1.29, 1.82) is 0 Å². The van der Waals surface area contributed by atoms with Gasteiger partial charge in [-0.3, -0.25) is 4.79 Å². The Morgan fingerprint density at radius 1 is 1.09 bits per heavy atom. The van der Waals surface area contributed by atoms with Crippen LogP contribution in [0.2, 0.25) is 0 Å². The standard InChI is InChI=1S/C19H23N3O/c1-14-6-5-9-16(12-14)22-19(23)18-11-10-17(13-20-18)21-15-7-3-2-4-8-15/h5-6,9-13,15,21H,2-4,7-8H2,1H3,(H,22,23). The van der Waals surface area contributed by atoms with Crippen molar-refractivity contribution in [1.82, 2.24) is 4.98 Å². The predicted octanol–water partition coefficient (Wildman–Crippen LogP) is 4.39. The van der Waals surface area contributed by atoms with Crippen LogP contribution in [0.4, 0.5) is 11.4 Å². The molecule has 1 fully saturated rings. The monoisotopic (exact) mass is 309 g/mol. The van der Waals surface area contributed by atoms with E-state index in [1.807, 2.05) is 37.3 Å². The second-order valence-corrected chi connectivity index (χ2v) is 6.23. The van der Waals surface area contributed by atoms with Crippen LogP contribution < -0.4 is 10.6 Å². The lowest BCUT2D eigenvalue weighted by molar-refractivity contribution is 0.102. The molecule has 1 aliphatic rings. The first-order valence-corrected chi connectivity index (χ1v) is 8.31. The van der Waals surface area contributed by atoms with Crippen molar-refractivity contribution in [3.05, 3.63) is 53.9 Å². The Morgan fingerprint density at radius 3 is 2.61 bits per heavy atom. The highest BCUT2D eigenvalue weighted by atomic mass is 16.1. The van der Waals surface area contributed by atoms with E-state index in [1.54, 1.807) is 12.3 Å². The average molecular weight is 309 g/mol. The van der Waals surface area contributed by atoms with E-state index in [2.05, 4.69) is 15.6 Å². The summed E-state index contributed by atoms with van der Waals surface area (Å²) in [5, 5.41) is 6.39. The zero-order valence-electron chi connectivity index (χ0n) is 13.5. The van der Waals surface area contributed by atoms with Gasteiger partial charge in [-0.15, -0.1) is 0 Å². The lowest BCUT2D eigenvalue weighted by Gasteiger charge is -2.23. The fourth-order valence-electron chi connectivity index (χ4n) is 3.01. The van der Waals surface area contributed by atoms with E-state index in [-0.39, 0.29) is 5.91 Å². The van der Waals surface area contributed by atoms with Gasteiger partial charge < -0.3 is 10.6 Å². The van der Waals surface area contributed by atoms with Crippen molar-refractivity contribution in [2.24, 2.45) is 0 Å². The Morgan fingerprint density at radius 2 is 1.91 bits per heavy atom. The van der Waals surface area contributed by atoms with Crippen LogP contribution in [-0.4, -0.2) is 16.9 Å². The zero-order valence-corrected chi connectivity index (χ0v) is 13.5. The van der Waals surface area contributed by atoms with E-state index in [9.17, 15) is 4.79 Å². The third-order valence-corrected chi connectivity index (χ3v) is 4.25. The Labute approximate surface area is 137 Å². The van der Waals surface area contributed by atoms with Crippen molar-refractivity contribution in [2.45, 2.75) is 45.1 Å². The van der Waals surface area contributed by atoms with Crippen LogP contribution in [0.15, 0.2) is 42.6 Å². The van der Waals surface area contributed by atoms with Crippen molar-refractivity contribution in [3.63, 3.8) is 0 Å². The van der Waals surface area contributed by atoms with Gasteiger partial charge in [-0.05, 0) is 49.6 Å². The molecule has 0 aliphatic heterocycles. The summed E-state index contributed by atoms with van der Waals surface area (Å²) in [5.74, 6) is -0.181. The molecule has 1 aliphatic carbocycles. The molecule has 0 bridgehead atoms. The first-order valence-electron chi connectivity index (χ1n) is 8.31. The van der Waals surface area contributed by atoms with Crippen LogP contribution >= 0.6 is 0 Å². The summed E-state index contributed by atoms with van der Waals surface area (Å²) in [6.45, 7) is 2.00. The molecule has 1 aromatic heterocycles. The number of pyridine rings is 1. The second kappa shape index (κ2) is 7.27. The first-order chi connectivity index (χ1) is 11.2. The molecule has 4 nitrogen and oxygen atoms in total. The Balaban J connectivity index is 1.60. The average Bonchev–Trinajstić information content (AvgIpc) is 2.56.